The Morgan fingerprint density at radius 3 is 1.62 bits per heavy atom. The number of nitrogens with zero attached hydrogens (tertiary/aromatic N) is 2. The van der Waals surface area contributed by atoms with Crippen molar-refractivity contribution in [2.24, 2.45) is 0 Å². The van der Waals surface area contributed by atoms with E-state index in [-0.39, 0.29) is 18.7 Å². The van der Waals surface area contributed by atoms with Gasteiger partial charge >= 0.3 is 0 Å². The fraction of sp³-hybridized carbons (Fsp3) is 0.182. The highest BCUT2D eigenvalue weighted by Crippen LogP contribution is 2.06. The van der Waals surface area contributed by atoms with Crippen molar-refractivity contribution in [1.82, 2.24) is 26.2 Å². The van der Waals surface area contributed by atoms with Gasteiger partial charge in [0.2, 0.25) is 0 Å². The molecule has 0 aliphatic carbocycles. The van der Waals surface area contributed by atoms with Crippen LogP contribution in [0.25, 0.3) is 0 Å². The molecule has 0 saturated heterocycles. The second-order valence-corrected chi connectivity index (χ2v) is 7.35. The fourth-order valence-electron chi connectivity index (χ4n) is 2.55. The van der Waals surface area contributed by atoms with Crippen molar-refractivity contribution in [2.45, 2.75) is 0 Å². The van der Waals surface area contributed by atoms with Gasteiger partial charge in [0, 0.05) is 38.0 Å². The van der Waals surface area contributed by atoms with Gasteiger partial charge in [-0.2, -0.15) is 0 Å². The molecule has 10 heteroatoms. The van der Waals surface area contributed by atoms with Crippen LogP contribution in [0.4, 0.5) is 0 Å². The second kappa shape index (κ2) is 12.5. The topological polar surface area (TPSA) is 96.9 Å². The van der Waals surface area contributed by atoms with Crippen molar-refractivity contribution in [3.05, 3.63) is 83.6 Å². The molecule has 0 saturated carbocycles. The van der Waals surface area contributed by atoms with Crippen molar-refractivity contribution < 1.29 is 14.7 Å². The van der Waals surface area contributed by atoms with E-state index in [1.54, 1.807) is 14.1 Å². The molecule has 0 unspecified atom stereocenters. The maximum absolute atomic E-state index is 12.9. The highest BCUT2D eigenvalue weighted by molar-refractivity contribution is 7.80. The molecule has 0 atom stereocenters. The van der Waals surface area contributed by atoms with Gasteiger partial charge < -0.3 is 10.4 Å². The van der Waals surface area contributed by atoms with Crippen LogP contribution in [0, 0.1) is 0 Å². The first-order valence-corrected chi connectivity index (χ1v) is 10.5. The van der Waals surface area contributed by atoms with E-state index in [9.17, 15) is 9.59 Å². The maximum Gasteiger partial charge on any atom is 0.276 e. The molecule has 2 aromatic rings. The average molecular weight is 472 g/mol. The Morgan fingerprint density at radius 1 is 0.844 bits per heavy atom. The Hall–Kier alpha value is -3.34. The quantitative estimate of drug-likeness (QED) is 0.119. The van der Waals surface area contributed by atoms with Crippen molar-refractivity contribution in [3.8, 4) is 0 Å². The summed E-state index contributed by atoms with van der Waals surface area (Å²) in [5.41, 5.74) is 6.45. The first kappa shape index (κ1) is 24.9. The number of nitrogens with one attached hydrogen (secondary N) is 3. The Kier molecular flexibility index (Phi) is 9.74. The molecule has 0 aliphatic heterocycles. The van der Waals surface area contributed by atoms with Crippen LogP contribution in [-0.2, 0) is 9.59 Å². The number of amides is 2. The molecule has 2 aromatic carbocycles. The summed E-state index contributed by atoms with van der Waals surface area (Å²) in [6.07, 6.45) is 1.24. The smallest absolute Gasteiger partial charge is 0.276 e. The molecule has 2 amide bonds. The van der Waals surface area contributed by atoms with Gasteiger partial charge in [-0.3, -0.25) is 30.5 Å². The zero-order chi connectivity index (χ0) is 23.5. The predicted octanol–water partition coefficient (Wildman–Crippen LogP) is 1.13. The molecule has 0 aromatic heterocycles. The lowest BCUT2D eigenvalue weighted by Gasteiger charge is -2.24. The largest absolute Gasteiger partial charge is 0.395 e. The minimum atomic E-state index is -0.687. The summed E-state index contributed by atoms with van der Waals surface area (Å²) in [6.45, 7) is 0.00357. The number of thiocarbonyl (C=S) groups is 2. The van der Waals surface area contributed by atoms with Crippen LogP contribution < -0.4 is 16.2 Å². The number of carbonyl (C=O) groups excluding carboxylic acids is 2. The van der Waals surface area contributed by atoms with Gasteiger partial charge in [-0.05, 0) is 0 Å². The van der Waals surface area contributed by atoms with E-state index in [4.69, 9.17) is 29.5 Å². The number of hydrogen-bond acceptors (Lipinski definition) is 6. The maximum atomic E-state index is 12.9. The van der Waals surface area contributed by atoms with Crippen LogP contribution in [0.2, 0.25) is 0 Å². The van der Waals surface area contributed by atoms with Crippen LogP contribution in [0.1, 0.15) is 11.1 Å². The number of hydrogen-bond donors (Lipinski definition) is 4. The highest BCUT2D eigenvalue weighted by Gasteiger charge is 2.22. The van der Waals surface area contributed by atoms with Crippen LogP contribution >= 0.6 is 24.4 Å². The minimum absolute atomic E-state index is 0.164. The molecule has 0 heterocycles. The van der Waals surface area contributed by atoms with E-state index in [0.717, 1.165) is 11.1 Å². The van der Waals surface area contributed by atoms with E-state index in [1.807, 2.05) is 60.7 Å². The number of aliphatic hydroxyl groups is 1. The van der Waals surface area contributed by atoms with Crippen molar-refractivity contribution in [1.29, 1.82) is 0 Å². The third kappa shape index (κ3) is 7.12. The van der Waals surface area contributed by atoms with Gasteiger partial charge in [-0.15, -0.1) is 0 Å². The van der Waals surface area contributed by atoms with Gasteiger partial charge in [0.15, 0.2) is 0 Å². The second-order valence-electron chi connectivity index (χ2n) is 6.58. The number of hydrazine groups is 2. The monoisotopic (exact) mass is 471 g/mol. The summed E-state index contributed by atoms with van der Waals surface area (Å²) in [5.74, 6) is -1.37. The Balaban J connectivity index is 2.11. The zero-order valence-corrected chi connectivity index (χ0v) is 19.4. The first-order chi connectivity index (χ1) is 15.3. The van der Waals surface area contributed by atoms with Gasteiger partial charge in [0.25, 0.3) is 11.8 Å². The average Bonchev–Trinajstić information content (AvgIpc) is 2.81. The van der Waals surface area contributed by atoms with Crippen molar-refractivity contribution >= 4 is 46.2 Å². The van der Waals surface area contributed by atoms with E-state index in [0.29, 0.717) is 9.98 Å². The number of benzene rings is 2. The van der Waals surface area contributed by atoms with E-state index in [2.05, 4.69) is 16.2 Å². The first-order valence-electron chi connectivity index (χ1n) is 9.67. The molecule has 0 radical (unpaired) electrons. The van der Waals surface area contributed by atoms with Gasteiger partial charge in [-0.1, -0.05) is 85.1 Å². The number of aliphatic hydroxyl groups excluding tert-OH is 1. The summed E-state index contributed by atoms with van der Waals surface area (Å²) >= 11 is 10.8. The van der Waals surface area contributed by atoms with Crippen LogP contribution in [-0.4, -0.2) is 64.2 Å². The Bertz CT molecular complexity index is 910. The van der Waals surface area contributed by atoms with Crippen LogP contribution in [0.15, 0.2) is 72.4 Å². The standard InChI is InChI=1S/C22H25N5O3S2/c1-26(21(31)16-9-5-3-6-10-16)24-19(29)18(15-23-13-14-28)20(30)25-27(2)22(32)17-11-7-4-8-12-17/h3-12,15,23,28H,13-14H2,1-2H3,(H,24,29)(H,25,30). The molecule has 0 aliphatic rings. The molecule has 0 fully saturated rings. The lowest BCUT2D eigenvalue weighted by Crippen LogP contribution is -2.49. The van der Waals surface area contributed by atoms with E-state index in [1.165, 1.54) is 16.2 Å². The fourth-order valence-corrected chi connectivity index (χ4v) is 2.91. The van der Waals surface area contributed by atoms with Crippen molar-refractivity contribution in [2.75, 3.05) is 27.2 Å². The summed E-state index contributed by atoms with van der Waals surface area (Å²) in [7, 11) is 3.17. The molecule has 4 N–H and O–H groups in total. The minimum Gasteiger partial charge on any atom is -0.395 e. The van der Waals surface area contributed by atoms with Gasteiger partial charge in [-0.25, -0.2) is 0 Å². The Labute approximate surface area is 197 Å². The molecule has 0 spiro atoms. The van der Waals surface area contributed by atoms with E-state index >= 15 is 0 Å². The molecule has 32 heavy (non-hydrogen) atoms. The summed E-state index contributed by atoms with van der Waals surface area (Å²) in [6, 6.07) is 18.3. The molecule has 2 rings (SSSR count). The molecular formula is C22H25N5O3S2. The van der Waals surface area contributed by atoms with Crippen LogP contribution in [0.5, 0.6) is 0 Å². The zero-order valence-electron chi connectivity index (χ0n) is 17.7. The highest BCUT2D eigenvalue weighted by atomic mass is 32.1. The molecule has 168 valence electrons. The third-order valence-electron chi connectivity index (χ3n) is 4.18. The van der Waals surface area contributed by atoms with Crippen LogP contribution in [0.3, 0.4) is 0 Å². The molecule has 8 nitrogen and oxygen atoms in total. The predicted molar refractivity (Wildman–Crippen MR) is 131 cm³/mol. The molecule has 0 bridgehead atoms. The Morgan fingerprint density at radius 2 is 1.25 bits per heavy atom. The van der Waals surface area contributed by atoms with Gasteiger partial charge in [0.1, 0.15) is 15.6 Å². The summed E-state index contributed by atoms with van der Waals surface area (Å²) < 4.78 is 0. The third-order valence-corrected chi connectivity index (χ3v) is 5.20. The van der Waals surface area contributed by atoms with Crippen molar-refractivity contribution in [3.63, 3.8) is 0 Å². The lowest BCUT2D eigenvalue weighted by atomic mass is 10.2. The normalized spacial score (nSPS) is 9.84. The summed E-state index contributed by atoms with van der Waals surface area (Å²) in [5, 5.41) is 14.4. The van der Waals surface area contributed by atoms with Gasteiger partial charge in [0.05, 0.1) is 6.61 Å². The number of rotatable bonds is 7. The number of carbonyl (C=O) groups is 2. The van der Waals surface area contributed by atoms with E-state index < -0.39 is 11.8 Å². The lowest BCUT2D eigenvalue weighted by molar-refractivity contribution is -0.126. The molecular weight excluding hydrogens is 446 g/mol. The summed E-state index contributed by atoms with van der Waals surface area (Å²) in [4.78, 5) is 26.5. The SMILES string of the molecule is CN(NC(=O)C(=CNCCO)C(=O)NN(C)C(=S)c1ccccc1)C(=S)c1ccccc1.